The molecule has 0 aliphatic rings. The number of nitrogens with zero attached hydrogens (tertiary/aromatic N) is 1. The summed E-state index contributed by atoms with van der Waals surface area (Å²) < 4.78 is -0.583. The fourth-order valence-electron chi connectivity index (χ4n) is 0.563. The summed E-state index contributed by atoms with van der Waals surface area (Å²) in [7, 11) is 1.38. The first-order valence-electron chi connectivity index (χ1n) is 3.17. The second-order valence-electron chi connectivity index (χ2n) is 2.07. The number of phenols is 1. The lowest BCUT2D eigenvalue weighted by atomic mass is 10.2. The second-order valence-corrected chi connectivity index (χ2v) is 2.49. The SMILES string of the molecule is Cc1ccccc1O.O=[N+]([O-])P. The fraction of sp³-hybridized carbons (Fsp3) is 0.143. The molecule has 0 bridgehead atoms. The van der Waals surface area contributed by atoms with Gasteiger partial charge in [-0.1, -0.05) is 18.2 Å². The maximum absolute atomic E-state index is 8.92. The molecule has 1 atom stereocenters. The first-order valence-corrected chi connectivity index (χ1v) is 3.69. The van der Waals surface area contributed by atoms with E-state index >= 15 is 0 Å². The Kier molecular flexibility index (Phi) is 4.97. The highest BCUT2D eigenvalue weighted by Crippen LogP contribution is 2.12. The first kappa shape index (κ1) is 10.8. The Bertz CT molecular complexity index is 240. The Hall–Kier alpha value is -1.15. The van der Waals surface area contributed by atoms with E-state index in [-0.39, 0.29) is 0 Å². The van der Waals surface area contributed by atoms with Gasteiger partial charge in [-0.05, 0) is 18.6 Å². The zero-order valence-corrected chi connectivity index (χ0v) is 7.75. The molecule has 0 aromatic heterocycles. The third-order valence-electron chi connectivity index (χ3n) is 1.12. The topological polar surface area (TPSA) is 63.4 Å². The van der Waals surface area contributed by atoms with Crippen molar-refractivity contribution in [2.75, 3.05) is 0 Å². The normalized spacial score (nSPS) is 8.17. The van der Waals surface area contributed by atoms with Gasteiger partial charge in [-0.3, -0.25) is 10.1 Å². The van der Waals surface area contributed by atoms with Crippen molar-refractivity contribution in [3.05, 3.63) is 39.9 Å². The molecule has 1 N–H and O–H groups in total. The van der Waals surface area contributed by atoms with Crippen LogP contribution in [0.4, 0.5) is 0 Å². The standard InChI is InChI=1S/C7H8O.H2NO2P/c1-6-4-2-3-5-7(6)8;2-1(3)4/h2-5,8H,1H3;4H2. The molecule has 0 radical (unpaired) electrons. The minimum atomic E-state index is -0.583. The Morgan fingerprint density at radius 1 is 1.50 bits per heavy atom. The van der Waals surface area contributed by atoms with Crippen molar-refractivity contribution in [3.8, 4) is 5.75 Å². The van der Waals surface area contributed by atoms with Gasteiger partial charge < -0.3 is 5.11 Å². The summed E-state index contributed by atoms with van der Waals surface area (Å²) in [6, 6.07) is 7.25. The Morgan fingerprint density at radius 2 is 1.92 bits per heavy atom. The van der Waals surface area contributed by atoms with E-state index in [0.717, 1.165) is 5.56 Å². The van der Waals surface area contributed by atoms with Crippen LogP contribution in [0.5, 0.6) is 5.75 Å². The smallest absolute Gasteiger partial charge is 0.223 e. The van der Waals surface area contributed by atoms with E-state index in [9.17, 15) is 0 Å². The molecule has 4 nitrogen and oxygen atoms in total. The van der Waals surface area contributed by atoms with Gasteiger partial charge in [0, 0.05) is 4.69 Å². The van der Waals surface area contributed by atoms with Gasteiger partial charge in [0.2, 0.25) is 9.39 Å². The van der Waals surface area contributed by atoms with Gasteiger partial charge in [0.05, 0.1) is 0 Å². The number of para-hydroxylation sites is 1. The Labute approximate surface area is 72.6 Å². The molecule has 1 unspecified atom stereocenters. The number of hydrogen-bond donors (Lipinski definition) is 1. The zero-order valence-electron chi connectivity index (χ0n) is 6.60. The molecule has 66 valence electrons. The van der Waals surface area contributed by atoms with Crippen LogP contribution in [0.3, 0.4) is 0 Å². The molecule has 0 aliphatic heterocycles. The number of hydrogen-bond acceptors (Lipinski definition) is 3. The van der Waals surface area contributed by atoms with Gasteiger partial charge in [0.15, 0.2) is 0 Å². The van der Waals surface area contributed by atoms with E-state index < -0.39 is 4.69 Å². The van der Waals surface area contributed by atoms with Gasteiger partial charge in [0.25, 0.3) is 0 Å². The van der Waals surface area contributed by atoms with Gasteiger partial charge in [0.1, 0.15) is 5.75 Å². The average Bonchev–Trinajstić information content (AvgIpc) is 1.94. The quantitative estimate of drug-likeness (QED) is 0.382. The lowest BCUT2D eigenvalue weighted by Gasteiger charge is -1.92. The van der Waals surface area contributed by atoms with Gasteiger partial charge in [-0.2, -0.15) is 0 Å². The highest BCUT2D eigenvalue weighted by molar-refractivity contribution is 7.08. The van der Waals surface area contributed by atoms with E-state index in [2.05, 4.69) is 0 Å². The summed E-state index contributed by atoms with van der Waals surface area (Å²) >= 11 is 0. The maximum atomic E-state index is 8.92. The molecule has 0 fully saturated rings. The number of rotatable bonds is 0. The van der Waals surface area contributed by atoms with Crippen LogP contribution in [-0.4, -0.2) is 9.80 Å². The summed E-state index contributed by atoms with van der Waals surface area (Å²) in [4.78, 5) is 8.77. The van der Waals surface area contributed by atoms with E-state index in [1.807, 2.05) is 25.1 Å². The molecule has 12 heavy (non-hydrogen) atoms. The zero-order chi connectivity index (χ0) is 9.56. The molecule has 5 heteroatoms. The summed E-state index contributed by atoms with van der Waals surface area (Å²) in [5.74, 6) is 0.368. The van der Waals surface area contributed by atoms with Crippen molar-refractivity contribution in [1.29, 1.82) is 0 Å². The lowest BCUT2D eigenvalue weighted by Crippen LogP contribution is -1.68. The van der Waals surface area contributed by atoms with E-state index in [0.29, 0.717) is 5.75 Å². The van der Waals surface area contributed by atoms with Crippen LogP contribution in [-0.2, 0) is 0 Å². The van der Waals surface area contributed by atoms with Crippen LogP contribution in [0.1, 0.15) is 5.56 Å². The predicted octanol–water partition coefficient (Wildman–Crippen LogP) is 1.75. The number of nitro groups is 1. The number of aromatic hydroxyl groups is 1. The molecule has 0 heterocycles. The largest absolute Gasteiger partial charge is 0.508 e. The number of phenolic OH excluding ortho intramolecular Hbond substituents is 1. The van der Waals surface area contributed by atoms with Crippen LogP contribution in [0, 0.1) is 17.0 Å². The summed E-state index contributed by atoms with van der Waals surface area (Å²) in [6.07, 6.45) is 0. The van der Waals surface area contributed by atoms with E-state index in [1.165, 1.54) is 9.39 Å². The van der Waals surface area contributed by atoms with Crippen molar-refractivity contribution >= 4 is 9.39 Å². The minimum Gasteiger partial charge on any atom is -0.508 e. The van der Waals surface area contributed by atoms with E-state index in [4.69, 9.17) is 15.2 Å². The summed E-state index contributed by atoms with van der Waals surface area (Å²) in [6.45, 7) is 1.87. The van der Waals surface area contributed by atoms with Gasteiger partial charge in [-0.25, -0.2) is 0 Å². The third kappa shape index (κ3) is 5.62. The molecular formula is C7H10NO3P. The van der Waals surface area contributed by atoms with Crippen LogP contribution in [0.25, 0.3) is 0 Å². The minimum absolute atomic E-state index is 0.368. The monoisotopic (exact) mass is 187 g/mol. The van der Waals surface area contributed by atoms with Crippen molar-refractivity contribution in [2.45, 2.75) is 6.92 Å². The van der Waals surface area contributed by atoms with Gasteiger partial charge >= 0.3 is 0 Å². The van der Waals surface area contributed by atoms with Crippen LogP contribution in [0.2, 0.25) is 0 Å². The Morgan fingerprint density at radius 3 is 2.17 bits per heavy atom. The average molecular weight is 187 g/mol. The molecule has 0 saturated carbocycles. The molecular weight excluding hydrogens is 177 g/mol. The molecule has 0 amide bonds. The number of aryl methyl sites for hydroxylation is 1. The lowest BCUT2D eigenvalue weighted by molar-refractivity contribution is -0.288. The van der Waals surface area contributed by atoms with Crippen molar-refractivity contribution in [3.63, 3.8) is 0 Å². The first-order chi connectivity index (χ1) is 5.54. The van der Waals surface area contributed by atoms with Crippen LogP contribution < -0.4 is 0 Å². The third-order valence-corrected chi connectivity index (χ3v) is 1.12. The van der Waals surface area contributed by atoms with E-state index in [1.54, 1.807) is 6.07 Å². The van der Waals surface area contributed by atoms with Crippen LogP contribution in [0.15, 0.2) is 24.3 Å². The summed E-state index contributed by atoms with van der Waals surface area (Å²) in [5.41, 5.74) is 0.924. The van der Waals surface area contributed by atoms with Crippen molar-refractivity contribution < 1.29 is 9.80 Å². The predicted molar refractivity (Wildman–Crippen MR) is 49.5 cm³/mol. The van der Waals surface area contributed by atoms with Crippen molar-refractivity contribution in [2.24, 2.45) is 0 Å². The van der Waals surface area contributed by atoms with Crippen LogP contribution >= 0.6 is 9.39 Å². The molecule has 0 aliphatic carbocycles. The van der Waals surface area contributed by atoms with Gasteiger partial charge in [-0.15, -0.1) is 0 Å². The highest BCUT2D eigenvalue weighted by Gasteiger charge is 1.86. The molecule has 1 aromatic rings. The maximum Gasteiger partial charge on any atom is 0.223 e. The second kappa shape index (κ2) is 5.49. The molecule has 1 rings (SSSR count). The number of benzene rings is 1. The fourth-order valence-corrected chi connectivity index (χ4v) is 0.563. The summed E-state index contributed by atoms with van der Waals surface area (Å²) in [5, 5.41) is 17.7. The molecule has 0 saturated heterocycles. The van der Waals surface area contributed by atoms with Crippen molar-refractivity contribution in [1.82, 2.24) is 0 Å². The Balaban J connectivity index is 0.000000261. The molecule has 0 spiro atoms. The molecule has 1 aromatic carbocycles. The highest BCUT2D eigenvalue weighted by atomic mass is 31.0.